The maximum Gasteiger partial charge on any atom is 0.288 e. The molecule has 1 fully saturated rings. The highest BCUT2D eigenvalue weighted by Crippen LogP contribution is 2.28. The highest BCUT2D eigenvalue weighted by atomic mass is 32.2. The van der Waals surface area contributed by atoms with Crippen molar-refractivity contribution in [3.63, 3.8) is 0 Å². The first kappa shape index (κ1) is 20.2. The van der Waals surface area contributed by atoms with E-state index in [0.29, 0.717) is 31.1 Å². The molecular formula is C17H25N3O5S. The van der Waals surface area contributed by atoms with Crippen LogP contribution in [0.1, 0.15) is 33.1 Å². The first-order chi connectivity index (χ1) is 12.1. The summed E-state index contributed by atoms with van der Waals surface area (Å²) in [5.41, 5.74) is 0.107. The number of nitro benzene ring substituents is 1. The van der Waals surface area contributed by atoms with Gasteiger partial charge in [-0.05, 0) is 30.9 Å². The predicted molar refractivity (Wildman–Crippen MR) is 98.9 cm³/mol. The summed E-state index contributed by atoms with van der Waals surface area (Å²) in [7, 11) is -3.71. The van der Waals surface area contributed by atoms with Gasteiger partial charge < -0.3 is 10.2 Å². The molecule has 1 aromatic rings. The van der Waals surface area contributed by atoms with Crippen LogP contribution in [-0.2, 0) is 14.6 Å². The third-order valence-electron chi connectivity index (χ3n) is 4.36. The van der Waals surface area contributed by atoms with Gasteiger partial charge in [0.05, 0.1) is 4.92 Å². The van der Waals surface area contributed by atoms with E-state index in [1.54, 1.807) is 0 Å². The van der Waals surface area contributed by atoms with Crippen molar-refractivity contribution in [3.05, 3.63) is 28.3 Å². The van der Waals surface area contributed by atoms with Crippen LogP contribution >= 0.6 is 0 Å². The lowest BCUT2D eigenvalue weighted by atomic mass is 10.0. The number of hydrogen-bond donors (Lipinski definition) is 1. The number of nitrogens with zero attached hydrogens (tertiary/aromatic N) is 2. The fraction of sp³-hybridized carbons (Fsp3) is 0.588. The molecular weight excluding hydrogens is 358 g/mol. The molecule has 0 aliphatic carbocycles. The number of nitro groups is 1. The number of amides is 1. The summed E-state index contributed by atoms with van der Waals surface area (Å²) in [4.78, 5) is 24.0. The Labute approximate surface area is 153 Å². The van der Waals surface area contributed by atoms with Crippen LogP contribution in [0.5, 0.6) is 0 Å². The molecule has 0 spiro atoms. The van der Waals surface area contributed by atoms with Gasteiger partial charge in [0.2, 0.25) is 5.91 Å². The number of nitrogens with one attached hydrogen (secondary N) is 1. The molecule has 1 aromatic carbocycles. The zero-order chi connectivity index (χ0) is 19.5. The highest BCUT2D eigenvalue weighted by Gasteiger charge is 2.25. The maximum atomic E-state index is 12.1. The molecule has 1 aliphatic heterocycles. The average Bonchev–Trinajstić information content (AvgIpc) is 2.53. The second-order valence-corrected chi connectivity index (χ2v) is 9.09. The van der Waals surface area contributed by atoms with Gasteiger partial charge in [-0.25, -0.2) is 8.42 Å². The van der Waals surface area contributed by atoms with Gasteiger partial charge in [-0.15, -0.1) is 0 Å². The summed E-state index contributed by atoms with van der Waals surface area (Å²) in [6, 6.07) is 4.12. The summed E-state index contributed by atoms with van der Waals surface area (Å²) in [5, 5.41) is 14.3. The smallest absolute Gasteiger partial charge is 0.288 e. The van der Waals surface area contributed by atoms with Crippen LogP contribution in [0.2, 0.25) is 0 Å². The molecule has 1 heterocycles. The number of likely N-dealkylation sites (tertiary alicyclic amines) is 1. The molecule has 0 aromatic heterocycles. The summed E-state index contributed by atoms with van der Waals surface area (Å²) in [6.07, 6.45) is 2.99. The maximum absolute atomic E-state index is 12.1. The van der Waals surface area contributed by atoms with E-state index in [2.05, 4.69) is 5.32 Å². The van der Waals surface area contributed by atoms with Gasteiger partial charge in [0.1, 0.15) is 4.90 Å². The lowest BCUT2D eigenvalue weighted by Crippen LogP contribution is -2.42. The second-order valence-electron chi connectivity index (χ2n) is 7.11. The van der Waals surface area contributed by atoms with Gasteiger partial charge in [-0.2, -0.15) is 0 Å². The molecule has 2 rings (SSSR count). The summed E-state index contributed by atoms with van der Waals surface area (Å²) >= 11 is 0. The largest absolute Gasteiger partial charge is 0.382 e. The second kappa shape index (κ2) is 8.03. The van der Waals surface area contributed by atoms with Crippen molar-refractivity contribution in [1.82, 2.24) is 4.90 Å². The van der Waals surface area contributed by atoms with Gasteiger partial charge in [0.25, 0.3) is 5.69 Å². The third kappa shape index (κ3) is 5.17. The molecule has 9 heteroatoms. The number of anilines is 1. The van der Waals surface area contributed by atoms with Crippen LogP contribution in [0.4, 0.5) is 11.4 Å². The minimum atomic E-state index is -3.71. The Kier molecular flexibility index (Phi) is 6.22. The molecule has 144 valence electrons. The molecule has 0 saturated carbocycles. The molecule has 0 unspecified atom stereocenters. The minimum Gasteiger partial charge on any atom is -0.382 e. The first-order valence-corrected chi connectivity index (χ1v) is 10.5. The molecule has 1 aliphatic rings. The van der Waals surface area contributed by atoms with E-state index < -0.39 is 20.4 Å². The van der Waals surface area contributed by atoms with Gasteiger partial charge in [-0.1, -0.05) is 13.8 Å². The van der Waals surface area contributed by atoms with E-state index in [-0.39, 0.29) is 16.8 Å². The molecule has 8 nitrogen and oxygen atoms in total. The Hall–Kier alpha value is -2.16. The van der Waals surface area contributed by atoms with Crippen LogP contribution in [0.3, 0.4) is 0 Å². The molecule has 0 atom stereocenters. The summed E-state index contributed by atoms with van der Waals surface area (Å²) in [6.45, 7) is 5.32. The van der Waals surface area contributed by atoms with Crippen molar-refractivity contribution in [2.45, 2.75) is 44.0 Å². The van der Waals surface area contributed by atoms with E-state index in [9.17, 15) is 23.3 Å². The van der Waals surface area contributed by atoms with Crippen molar-refractivity contribution < 1.29 is 18.1 Å². The van der Waals surface area contributed by atoms with Crippen LogP contribution in [0.15, 0.2) is 23.1 Å². The third-order valence-corrected chi connectivity index (χ3v) is 5.48. The van der Waals surface area contributed by atoms with E-state index in [1.807, 2.05) is 18.7 Å². The zero-order valence-corrected chi connectivity index (χ0v) is 16.1. The Morgan fingerprint density at radius 3 is 2.46 bits per heavy atom. The highest BCUT2D eigenvalue weighted by molar-refractivity contribution is 7.90. The van der Waals surface area contributed by atoms with Crippen molar-refractivity contribution in [2.75, 3.05) is 24.7 Å². The van der Waals surface area contributed by atoms with E-state index in [0.717, 1.165) is 19.1 Å². The van der Waals surface area contributed by atoms with E-state index >= 15 is 0 Å². The Bertz CT molecular complexity index is 784. The first-order valence-electron chi connectivity index (χ1n) is 8.60. The molecule has 1 saturated heterocycles. The number of carbonyl (C=O) groups is 1. The number of piperidine rings is 1. The van der Waals surface area contributed by atoms with Crippen LogP contribution in [-0.4, -0.2) is 49.5 Å². The lowest BCUT2D eigenvalue weighted by molar-refractivity contribution is -0.387. The minimum absolute atomic E-state index is 0.0898. The van der Waals surface area contributed by atoms with Crippen molar-refractivity contribution in [2.24, 2.45) is 5.92 Å². The fourth-order valence-corrected chi connectivity index (χ4v) is 3.90. The Morgan fingerprint density at radius 2 is 1.96 bits per heavy atom. The Balaban J connectivity index is 2.04. The van der Waals surface area contributed by atoms with Gasteiger partial charge in [-0.3, -0.25) is 14.9 Å². The van der Waals surface area contributed by atoms with Crippen LogP contribution in [0, 0.1) is 16.0 Å². The van der Waals surface area contributed by atoms with E-state index in [1.165, 1.54) is 18.2 Å². The monoisotopic (exact) mass is 383 g/mol. The van der Waals surface area contributed by atoms with Gasteiger partial charge in [0.15, 0.2) is 9.84 Å². The molecule has 1 N–H and O–H groups in total. The number of carbonyl (C=O) groups excluding carboxylic acids is 1. The molecule has 1 amide bonds. The van der Waals surface area contributed by atoms with Crippen molar-refractivity contribution in [3.8, 4) is 0 Å². The topological polar surface area (TPSA) is 110 Å². The van der Waals surface area contributed by atoms with Gasteiger partial charge in [0, 0.05) is 43.6 Å². The van der Waals surface area contributed by atoms with Crippen LogP contribution in [0.25, 0.3) is 0 Å². The quantitative estimate of drug-likeness (QED) is 0.597. The van der Waals surface area contributed by atoms with Crippen molar-refractivity contribution in [1.29, 1.82) is 0 Å². The number of sulfone groups is 1. The molecule has 26 heavy (non-hydrogen) atoms. The molecule has 0 radical (unpaired) electrons. The summed E-state index contributed by atoms with van der Waals surface area (Å²) in [5.74, 6) is 0.487. The standard InChI is InChI=1S/C17H25N3O5S/c1-12(2)10-17(21)19-8-6-13(7-9-19)18-14-4-5-15(20(22)23)16(11-14)26(3,24)25/h4-5,11-13,18H,6-10H2,1-3H3. The average molecular weight is 383 g/mol. The van der Waals surface area contributed by atoms with Crippen molar-refractivity contribution >= 4 is 27.1 Å². The predicted octanol–water partition coefficient (Wildman–Crippen LogP) is 2.45. The SMILES string of the molecule is CC(C)CC(=O)N1CCC(Nc2ccc([N+](=O)[O-])c(S(C)(=O)=O)c2)CC1. The van der Waals surface area contributed by atoms with E-state index in [4.69, 9.17) is 0 Å². The normalized spacial score (nSPS) is 15.9. The fourth-order valence-electron chi connectivity index (χ4n) is 3.04. The zero-order valence-electron chi connectivity index (χ0n) is 15.3. The van der Waals surface area contributed by atoms with Crippen LogP contribution < -0.4 is 5.32 Å². The number of hydrogen-bond acceptors (Lipinski definition) is 6. The van der Waals surface area contributed by atoms with Gasteiger partial charge >= 0.3 is 0 Å². The number of benzene rings is 1. The number of rotatable bonds is 6. The lowest BCUT2D eigenvalue weighted by Gasteiger charge is -2.33. The summed E-state index contributed by atoms with van der Waals surface area (Å²) < 4.78 is 23.7. The Morgan fingerprint density at radius 1 is 1.35 bits per heavy atom. The molecule has 0 bridgehead atoms.